The van der Waals surface area contributed by atoms with Gasteiger partial charge >= 0.3 is 6.09 Å². The van der Waals surface area contributed by atoms with Crippen LogP contribution in [0.2, 0.25) is 5.02 Å². The molecule has 2 N–H and O–H groups in total. The lowest BCUT2D eigenvalue weighted by Crippen LogP contribution is -2.66. The van der Waals surface area contributed by atoms with Gasteiger partial charge in [-0.15, -0.1) is 0 Å². The first-order valence-corrected chi connectivity index (χ1v) is 18.5. The van der Waals surface area contributed by atoms with Crippen molar-refractivity contribution >= 4 is 58.3 Å². The monoisotopic (exact) mass is 739 g/mol. The van der Waals surface area contributed by atoms with Crippen molar-refractivity contribution in [2.75, 3.05) is 45.3 Å². The van der Waals surface area contributed by atoms with E-state index in [0.29, 0.717) is 42.8 Å². The fourth-order valence-electron chi connectivity index (χ4n) is 7.65. The van der Waals surface area contributed by atoms with Crippen molar-refractivity contribution in [1.29, 1.82) is 5.26 Å². The molecule has 2 aromatic carbocycles. The molecule has 2 bridgehead atoms. The molecule has 272 valence electrons. The number of nitrogens with zero attached hydrogens (tertiary/aromatic N) is 5. The average Bonchev–Trinajstić information content (AvgIpc) is 3.60. The van der Waals surface area contributed by atoms with Gasteiger partial charge in [0.15, 0.2) is 5.82 Å². The topological polar surface area (TPSA) is 115 Å². The minimum Gasteiger partial charge on any atom is -0.442 e. The van der Waals surface area contributed by atoms with Gasteiger partial charge in [-0.2, -0.15) is 10.3 Å². The summed E-state index contributed by atoms with van der Waals surface area (Å²) in [4.78, 5) is 25.4. The van der Waals surface area contributed by atoms with Crippen molar-refractivity contribution in [3.05, 3.63) is 55.7 Å². The minimum atomic E-state index is -0.928. The van der Waals surface area contributed by atoms with Gasteiger partial charge in [-0.3, -0.25) is 4.90 Å². The van der Waals surface area contributed by atoms with Crippen LogP contribution in [0.25, 0.3) is 11.4 Å². The predicted molar refractivity (Wildman–Crippen MR) is 197 cm³/mol. The number of hydrogen-bond donors (Lipinski definition) is 2. The Kier molecular flexibility index (Phi) is 10.8. The number of nitriles is 1. The Morgan fingerprint density at radius 1 is 1.27 bits per heavy atom. The van der Waals surface area contributed by atoms with E-state index in [2.05, 4.69) is 57.2 Å². The molecule has 4 saturated heterocycles. The number of rotatable bonds is 9. The molecule has 5 aliphatic rings. The van der Waals surface area contributed by atoms with E-state index in [1.807, 2.05) is 0 Å². The first-order valence-electron chi connectivity index (χ1n) is 17.3. The van der Waals surface area contributed by atoms with Crippen LogP contribution in [-0.2, 0) is 9.47 Å². The lowest BCUT2D eigenvalue weighted by atomic mass is 9.91. The Bertz CT molecular complexity index is 2030. The third-order valence-corrected chi connectivity index (χ3v) is 11.3. The maximum atomic E-state index is 17.3. The van der Waals surface area contributed by atoms with E-state index in [9.17, 15) is 10.1 Å². The molecule has 10 nitrogen and oxygen atoms in total. The number of carbonyl (C=O) groups excluding carboxylic acids is 1. The number of carbonyl (C=O) groups is 1. The molecule has 7 rings (SSSR count). The first-order chi connectivity index (χ1) is 24.3. The molecule has 3 atom stereocenters. The van der Waals surface area contributed by atoms with Gasteiger partial charge in [0.1, 0.15) is 35.1 Å². The van der Waals surface area contributed by atoms with Gasteiger partial charge < -0.3 is 25.0 Å². The van der Waals surface area contributed by atoms with Crippen LogP contribution in [0.1, 0.15) is 59.8 Å². The fourth-order valence-corrected chi connectivity index (χ4v) is 8.99. The normalized spacial score (nSPS) is 25.0. The van der Waals surface area contributed by atoms with E-state index in [1.54, 1.807) is 26.8 Å². The summed E-state index contributed by atoms with van der Waals surface area (Å²) in [5.41, 5.74) is -0.913. The minimum absolute atomic E-state index is 0.00116. The molecule has 0 saturated carbocycles. The van der Waals surface area contributed by atoms with Crippen molar-refractivity contribution in [2.24, 2.45) is 9.98 Å². The molecule has 3 unspecified atom stereocenters. The van der Waals surface area contributed by atoms with Crippen LogP contribution < -0.4 is 21.1 Å². The molecule has 51 heavy (non-hydrogen) atoms. The maximum Gasteiger partial charge on any atom is 0.435 e. The highest BCUT2D eigenvalue weighted by Gasteiger charge is 2.39. The number of ether oxygens (including phenoxy) is 2. The highest BCUT2D eigenvalue weighted by atomic mass is 35.5. The van der Waals surface area contributed by atoms with Crippen LogP contribution in [-0.4, -0.2) is 90.9 Å². The molecule has 1 amide bonds. The Balaban J connectivity index is 1.53. The van der Waals surface area contributed by atoms with E-state index < -0.39 is 23.3 Å². The zero-order chi connectivity index (χ0) is 36.7. The lowest BCUT2D eigenvalue weighted by molar-refractivity contribution is 0.0273. The summed E-state index contributed by atoms with van der Waals surface area (Å²) < 4.78 is 44.2. The number of fused-ring (bicyclic) bond motifs is 3. The number of thioether (sulfide) groups is 1. The van der Waals surface area contributed by atoms with Crippen molar-refractivity contribution in [3.63, 3.8) is 0 Å². The van der Waals surface area contributed by atoms with Crippen LogP contribution in [0.3, 0.4) is 0 Å². The van der Waals surface area contributed by atoms with Crippen molar-refractivity contribution in [3.8, 4) is 6.07 Å². The summed E-state index contributed by atoms with van der Waals surface area (Å²) in [5.74, 6) is -0.894. The maximum absolute atomic E-state index is 17.3. The number of benzene rings is 2. The van der Waals surface area contributed by atoms with Crippen LogP contribution in [0.5, 0.6) is 0 Å². The van der Waals surface area contributed by atoms with Crippen molar-refractivity contribution < 1.29 is 23.0 Å². The van der Waals surface area contributed by atoms with Gasteiger partial charge in [-0.05, 0) is 84.1 Å². The number of aliphatic imine (C=N–C) groups is 2. The molecule has 0 aromatic heterocycles. The number of likely N-dealkylation sites (tertiary alicyclic amines) is 1. The van der Waals surface area contributed by atoms with Crippen molar-refractivity contribution in [2.45, 2.75) is 87.9 Å². The van der Waals surface area contributed by atoms with Crippen LogP contribution in [0.15, 0.2) is 33.1 Å². The summed E-state index contributed by atoms with van der Waals surface area (Å²) >= 11 is 7.76. The third-order valence-electron chi connectivity index (χ3n) is 9.95. The molecule has 5 aliphatic heterocycles. The molecule has 14 heteroatoms. The number of anilines is 1. The fraction of sp³-hybridized carbons (Fsp3) is 0.514. The van der Waals surface area contributed by atoms with Crippen molar-refractivity contribution in [1.82, 2.24) is 15.1 Å². The van der Waals surface area contributed by atoms with E-state index in [0.717, 1.165) is 50.4 Å². The molecule has 2 aromatic rings. The highest BCUT2D eigenvalue weighted by Crippen LogP contribution is 2.34. The number of hydrogen-bond acceptors (Lipinski definition) is 10. The van der Waals surface area contributed by atoms with Gasteiger partial charge in [0, 0.05) is 46.4 Å². The molecular weight excluding hydrogens is 696 g/mol. The van der Waals surface area contributed by atoms with Gasteiger partial charge in [0.05, 0.1) is 27.8 Å². The molecule has 0 spiro atoms. The molecule has 4 fully saturated rings. The number of amides is 1. The number of nitrogens with one attached hydrogen (secondary N) is 2. The summed E-state index contributed by atoms with van der Waals surface area (Å²) in [6.45, 7) is 13.9. The number of likely N-dealkylation sites (N-methyl/N-ethyl adjacent to an activating group) is 1. The Labute approximate surface area is 305 Å². The number of piperazine rings is 1. The third kappa shape index (κ3) is 7.39. The molecule has 0 aliphatic carbocycles. The van der Waals surface area contributed by atoms with Crippen LogP contribution in [0.4, 0.5) is 19.3 Å². The summed E-state index contributed by atoms with van der Waals surface area (Å²) in [6.07, 6.45) is 4.26. The largest absolute Gasteiger partial charge is 0.442 e. The summed E-state index contributed by atoms with van der Waals surface area (Å²) in [6, 6.07) is 6.85. The van der Waals surface area contributed by atoms with E-state index >= 15 is 8.78 Å². The average molecular weight is 740 g/mol. The lowest BCUT2D eigenvalue weighted by Gasteiger charge is -2.49. The first kappa shape index (κ1) is 37.2. The summed E-state index contributed by atoms with van der Waals surface area (Å²) in [7, 11) is 2.12. The molecule has 5 heterocycles. The van der Waals surface area contributed by atoms with Crippen LogP contribution >= 0.6 is 23.4 Å². The quantitative estimate of drug-likeness (QED) is 0.196. The highest BCUT2D eigenvalue weighted by molar-refractivity contribution is 8.15. The molecular formula is C37H44ClF2N7O3S. The predicted octanol–water partition coefficient (Wildman–Crippen LogP) is 5.48. The van der Waals surface area contributed by atoms with Gasteiger partial charge in [0.2, 0.25) is 0 Å². The van der Waals surface area contributed by atoms with E-state index in [-0.39, 0.29) is 54.1 Å². The van der Waals surface area contributed by atoms with E-state index in [1.165, 1.54) is 12.1 Å². The standard InChI is InChI=1S/C37H44ClF2N7O3S/c1-7-11-37(12-8-13-46(37)6)19-49-20-43-31-24(33(42-5)47-17-21-14-22(18-47)44-21)15-26(38)29(30(31)40)23-9-10-27(39)32-28(23)25(16-41)34(51-32)45-35(48)50-36(2,3)4/h9-10,15,21-22,43-44H,5,7-8,11-14,17-20H2,1-4,6H3/b29-23-,33-24+,45-34-. The van der Waals surface area contributed by atoms with Gasteiger partial charge in [0.25, 0.3) is 0 Å². The zero-order valence-corrected chi connectivity index (χ0v) is 31.2. The second kappa shape index (κ2) is 14.8. The van der Waals surface area contributed by atoms with Crippen LogP contribution in [0, 0.1) is 33.4 Å². The second-order valence-electron chi connectivity index (χ2n) is 14.6. The second-order valence-corrected chi connectivity index (χ2v) is 16.0. The Hall–Kier alpha value is -3.54. The molecule has 0 radical (unpaired) electrons. The Morgan fingerprint density at radius 2 is 2.00 bits per heavy atom. The number of halogens is 3. The van der Waals surface area contributed by atoms with Gasteiger partial charge in [-0.1, -0.05) is 42.8 Å². The van der Waals surface area contributed by atoms with E-state index in [4.69, 9.17) is 21.1 Å². The van der Waals surface area contributed by atoms with Gasteiger partial charge in [-0.25, -0.2) is 18.6 Å². The SMILES string of the molecule is C=N/C(=c1/cc(Cl)/c(=c2\ccc(F)c3c2=C(C#N)/C(=N/C(=O)OC(C)(C)C)S3)c(F)c1NCOCC1(CCC)CCCN1C)N1CC2CC(C1)N2. The number of piperidine rings is 1. The smallest absolute Gasteiger partial charge is 0.435 e. The Morgan fingerprint density at radius 3 is 2.61 bits per heavy atom. The zero-order valence-electron chi connectivity index (χ0n) is 29.7. The summed E-state index contributed by atoms with van der Waals surface area (Å²) in [5, 5.41) is 17.6.